The standard InChI is InChI=1S/C26H30BrN5O2S/c1-6-12-32-24(22(16(2)3)29-25(34)19-10-8-7-9-11-19)30-31-26(32)35-15-21(33)28-23-17(4)13-20(27)14-18(23)5/h6-11,13-14,16,22H,1,12,15H2,2-5H3,(H,28,33)(H,29,34)/t22-/m1/s1. The number of nitrogens with zero attached hydrogens (tertiary/aromatic N) is 3. The van der Waals surface area contributed by atoms with E-state index >= 15 is 0 Å². The van der Waals surface area contributed by atoms with Gasteiger partial charge in [0.1, 0.15) is 0 Å². The summed E-state index contributed by atoms with van der Waals surface area (Å²) in [6.07, 6.45) is 1.75. The molecule has 1 heterocycles. The smallest absolute Gasteiger partial charge is 0.251 e. The van der Waals surface area contributed by atoms with Crippen LogP contribution in [0, 0.1) is 19.8 Å². The highest BCUT2D eigenvalue weighted by molar-refractivity contribution is 9.10. The van der Waals surface area contributed by atoms with Gasteiger partial charge in [-0.05, 0) is 55.2 Å². The molecule has 184 valence electrons. The first-order chi connectivity index (χ1) is 16.7. The molecule has 0 saturated heterocycles. The number of hydrogen-bond donors (Lipinski definition) is 2. The van der Waals surface area contributed by atoms with Crippen molar-refractivity contribution in [2.45, 2.75) is 45.4 Å². The van der Waals surface area contributed by atoms with Crippen LogP contribution in [0.1, 0.15) is 47.2 Å². The molecular weight excluding hydrogens is 526 g/mol. The van der Waals surface area contributed by atoms with Gasteiger partial charge >= 0.3 is 0 Å². The zero-order valence-corrected chi connectivity index (χ0v) is 22.7. The van der Waals surface area contributed by atoms with Gasteiger partial charge in [-0.2, -0.15) is 0 Å². The van der Waals surface area contributed by atoms with Crippen molar-refractivity contribution in [2.75, 3.05) is 11.1 Å². The summed E-state index contributed by atoms with van der Waals surface area (Å²) in [6, 6.07) is 12.7. The number of halogens is 1. The zero-order chi connectivity index (χ0) is 25.5. The Labute approximate surface area is 218 Å². The maximum Gasteiger partial charge on any atom is 0.251 e. The summed E-state index contributed by atoms with van der Waals surface area (Å²) in [5.41, 5.74) is 3.37. The molecule has 0 aliphatic carbocycles. The van der Waals surface area contributed by atoms with E-state index in [1.165, 1.54) is 11.8 Å². The minimum atomic E-state index is -0.355. The minimum Gasteiger partial charge on any atom is -0.342 e. The van der Waals surface area contributed by atoms with Crippen molar-refractivity contribution in [3.05, 3.63) is 82.1 Å². The van der Waals surface area contributed by atoms with E-state index in [1.54, 1.807) is 18.2 Å². The molecule has 0 bridgehead atoms. The summed E-state index contributed by atoms with van der Waals surface area (Å²) in [5, 5.41) is 15.4. The van der Waals surface area contributed by atoms with Crippen molar-refractivity contribution >= 4 is 45.2 Å². The van der Waals surface area contributed by atoms with Gasteiger partial charge in [-0.3, -0.25) is 9.59 Å². The molecule has 0 saturated carbocycles. The quantitative estimate of drug-likeness (QED) is 0.247. The van der Waals surface area contributed by atoms with Crippen LogP contribution in [0.3, 0.4) is 0 Å². The predicted molar refractivity (Wildman–Crippen MR) is 145 cm³/mol. The molecule has 0 aliphatic rings. The minimum absolute atomic E-state index is 0.0694. The van der Waals surface area contributed by atoms with E-state index in [-0.39, 0.29) is 29.5 Å². The molecule has 0 spiro atoms. The molecule has 2 N–H and O–H groups in total. The largest absolute Gasteiger partial charge is 0.342 e. The molecule has 35 heavy (non-hydrogen) atoms. The molecule has 0 fully saturated rings. The van der Waals surface area contributed by atoms with Gasteiger partial charge in [0.25, 0.3) is 5.91 Å². The van der Waals surface area contributed by atoms with E-state index in [1.807, 2.05) is 62.6 Å². The molecule has 1 aromatic heterocycles. The van der Waals surface area contributed by atoms with Crippen LogP contribution in [0.25, 0.3) is 0 Å². The van der Waals surface area contributed by atoms with E-state index in [4.69, 9.17) is 0 Å². The van der Waals surface area contributed by atoms with Crippen molar-refractivity contribution in [3.63, 3.8) is 0 Å². The van der Waals surface area contributed by atoms with Gasteiger partial charge in [0, 0.05) is 22.3 Å². The second-order valence-electron chi connectivity index (χ2n) is 8.55. The first-order valence-corrected chi connectivity index (χ1v) is 13.1. The van der Waals surface area contributed by atoms with Crippen molar-refractivity contribution in [1.82, 2.24) is 20.1 Å². The number of aryl methyl sites for hydroxylation is 2. The molecule has 2 aromatic carbocycles. The fourth-order valence-electron chi connectivity index (χ4n) is 3.69. The molecule has 0 radical (unpaired) electrons. The molecule has 3 aromatic rings. The van der Waals surface area contributed by atoms with Crippen LogP contribution in [0.2, 0.25) is 0 Å². The number of anilines is 1. The Morgan fingerprint density at radius 3 is 2.40 bits per heavy atom. The fraction of sp³-hybridized carbons (Fsp3) is 0.308. The van der Waals surface area contributed by atoms with E-state index in [0.717, 1.165) is 21.3 Å². The Morgan fingerprint density at radius 1 is 1.14 bits per heavy atom. The summed E-state index contributed by atoms with van der Waals surface area (Å²) in [6.45, 7) is 12.3. The number of rotatable bonds is 10. The number of nitrogens with one attached hydrogen (secondary N) is 2. The number of carbonyl (C=O) groups excluding carboxylic acids is 2. The Kier molecular flexibility index (Phi) is 9.28. The highest BCUT2D eigenvalue weighted by atomic mass is 79.9. The van der Waals surface area contributed by atoms with Gasteiger partial charge in [0.15, 0.2) is 11.0 Å². The van der Waals surface area contributed by atoms with E-state index in [2.05, 4.69) is 43.3 Å². The SMILES string of the molecule is C=CCn1c(SCC(=O)Nc2c(C)cc(Br)cc2C)nnc1[C@H](NC(=O)c1ccccc1)C(C)C. The Bertz CT molecular complexity index is 1190. The van der Waals surface area contributed by atoms with Crippen molar-refractivity contribution in [1.29, 1.82) is 0 Å². The topological polar surface area (TPSA) is 88.9 Å². The van der Waals surface area contributed by atoms with Gasteiger partial charge in [-0.25, -0.2) is 0 Å². The third-order valence-electron chi connectivity index (χ3n) is 5.42. The number of amides is 2. The van der Waals surface area contributed by atoms with Crippen LogP contribution >= 0.6 is 27.7 Å². The maximum atomic E-state index is 12.8. The number of benzene rings is 2. The first kappa shape index (κ1) is 26.7. The van der Waals surface area contributed by atoms with Gasteiger partial charge in [-0.1, -0.05) is 65.8 Å². The van der Waals surface area contributed by atoms with Crippen LogP contribution in [0.5, 0.6) is 0 Å². The van der Waals surface area contributed by atoms with Gasteiger partial charge < -0.3 is 15.2 Å². The van der Waals surface area contributed by atoms with Crippen molar-refractivity contribution < 1.29 is 9.59 Å². The third kappa shape index (κ3) is 6.82. The van der Waals surface area contributed by atoms with Crippen molar-refractivity contribution in [3.8, 4) is 0 Å². The summed E-state index contributed by atoms with van der Waals surface area (Å²) in [4.78, 5) is 25.5. The normalized spacial score (nSPS) is 11.8. The predicted octanol–water partition coefficient (Wildman–Crippen LogP) is 5.70. The van der Waals surface area contributed by atoms with Gasteiger partial charge in [0.2, 0.25) is 5.91 Å². The fourth-order valence-corrected chi connectivity index (χ4v) is 5.14. The lowest BCUT2D eigenvalue weighted by Gasteiger charge is -2.22. The molecule has 3 rings (SSSR count). The molecule has 7 nitrogen and oxygen atoms in total. The zero-order valence-electron chi connectivity index (χ0n) is 20.3. The van der Waals surface area contributed by atoms with Gasteiger partial charge in [-0.15, -0.1) is 16.8 Å². The highest BCUT2D eigenvalue weighted by Gasteiger charge is 2.26. The Balaban J connectivity index is 1.76. The second kappa shape index (κ2) is 12.2. The lowest BCUT2D eigenvalue weighted by Crippen LogP contribution is -2.33. The summed E-state index contributed by atoms with van der Waals surface area (Å²) in [7, 11) is 0. The molecule has 1 atom stereocenters. The number of carbonyl (C=O) groups is 2. The van der Waals surface area contributed by atoms with E-state index < -0.39 is 0 Å². The van der Waals surface area contributed by atoms with Crippen LogP contribution in [0.4, 0.5) is 5.69 Å². The van der Waals surface area contributed by atoms with E-state index in [0.29, 0.717) is 23.1 Å². The lowest BCUT2D eigenvalue weighted by molar-refractivity contribution is -0.113. The summed E-state index contributed by atoms with van der Waals surface area (Å²) < 4.78 is 2.88. The van der Waals surface area contributed by atoms with E-state index in [9.17, 15) is 9.59 Å². The molecule has 9 heteroatoms. The molecule has 0 aliphatic heterocycles. The summed E-state index contributed by atoms with van der Waals surface area (Å²) >= 11 is 4.78. The van der Waals surface area contributed by atoms with Crippen molar-refractivity contribution in [2.24, 2.45) is 5.92 Å². The maximum absolute atomic E-state index is 12.8. The van der Waals surface area contributed by atoms with Crippen LogP contribution in [-0.4, -0.2) is 32.3 Å². The van der Waals surface area contributed by atoms with Crippen LogP contribution in [0.15, 0.2) is 64.7 Å². The number of aromatic nitrogens is 3. The average molecular weight is 557 g/mol. The second-order valence-corrected chi connectivity index (χ2v) is 10.4. The summed E-state index contributed by atoms with van der Waals surface area (Å²) in [5.74, 6) is 0.571. The molecule has 2 amide bonds. The van der Waals surface area contributed by atoms with Gasteiger partial charge in [0.05, 0.1) is 11.8 Å². The monoisotopic (exact) mass is 555 g/mol. The molecular formula is C26H30BrN5O2S. The Hall–Kier alpha value is -2.91. The number of allylic oxidation sites excluding steroid dienone is 1. The third-order valence-corrected chi connectivity index (χ3v) is 6.84. The molecule has 0 unspecified atom stereocenters. The first-order valence-electron chi connectivity index (χ1n) is 11.3. The van der Waals surface area contributed by atoms with Crippen LogP contribution in [-0.2, 0) is 11.3 Å². The highest BCUT2D eigenvalue weighted by Crippen LogP contribution is 2.27. The average Bonchev–Trinajstić information content (AvgIpc) is 3.21. The number of hydrogen-bond acceptors (Lipinski definition) is 5. The number of thioether (sulfide) groups is 1. The van der Waals surface area contributed by atoms with Crippen LogP contribution < -0.4 is 10.6 Å². The Morgan fingerprint density at radius 2 is 1.80 bits per heavy atom. The lowest BCUT2D eigenvalue weighted by atomic mass is 10.0.